The Balaban J connectivity index is 2.55. The van der Waals surface area contributed by atoms with E-state index in [1.54, 1.807) is 6.20 Å². The van der Waals surface area contributed by atoms with Crippen LogP contribution in [0.3, 0.4) is 0 Å². The average molecular weight is 337 g/mol. The van der Waals surface area contributed by atoms with Crippen molar-refractivity contribution in [2.45, 2.75) is 44.0 Å². The van der Waals surface area contributed by atoms with Crippen LogP contribution in [0.4, 0.5) is 0 Å². The van der Waals surface area contributed by atoms with Crippen molar-refractivity contribution in [2.75, 3.05) is 20.6 Å². The second kappa shape index (κ2) is 8.18. The Bertz CT molecular complexity index is 352. The fourth-order valence-electron chi connectivity index (χ4n) is 1.87. The molecule has 0 aliphatic heterocycles. The van der Waals surface area contributed by atoms with Crippen LogP contribution in [-0.4, -0.2) is 40.1 Å². The van der Waals surface area contributed by atoms with Crippen molar-refractivity contribution in [2.24, 2.45) is 0 Å². The van der Waals surface area contributed by atoms with Crippen LogP contribution < -0.4 is 0 Å². The maximum absolute atomic E-state index is 6.21. The van der Waals surface area contributed by atoms with E-state index < -0.39 is 0 Å². The van der Waals surface area contributed by atoms with Crippen LogP contribution in [0.2, 0.25) is 5.02 Å². The molecule has 0 bridgehead atoms. The van der Waals surface area contributed by atoms with Gasteiger partial charge in [0, 0.05) is 11.4 Å². The van der Waals surface area contributed by atoms with Crippen LogP contribution in [-0.2, 0) is 13.0 Å². The number of alkyl halides is 1. The van der Waals surface area contributed by atoms with Gasteiger partial charge in [0.25, 0.3) is 0 Å². The Kier molecular flexibility index (Phi) is 7.27. The lowest BCUT2D eigenvalue weighted by atomic mass is 10.1. The summed E-state index contributed by atoms with van der Waals surface area (Å²) in [5.41, 5.74) is 1.17. The number of rotatable bonds is 8. The van der Waals surface area contributed by atoms with Gasteiger partial charge in [-0.05, 0) is 33.4 Å². The molecule has 1 rings (SSSR count). The topological polar surface area (TPSA) is 21.1 Å². The number of hydrogen-bond acceptors (Lipinski definition) is 2. The molecular formula is C13H23BrClN3. The first-order chi connectivity index (χ1) is 8.54. The number of nitrogens with zero attached hydrogens (tertiary/aromatic N) is 3. The Morgan fingerprint density at radius 1 is 1.44 bits per heavy atom. The van der Waals surface area contributed by atoms with Gasteiger partial charge in [-0.1, -0.05) is 40.9 Å². The monoisotopic (exact) mass is 335 g/mol. The number of aromatic nitrogens is 2. The quantitative estimate of drug-likeness (QED) is 0.676. The van der Waals surface area contributed by atoms with E-state index in [0.717, 1.165) is 31.0 Å². The SMILES string of the molecule is CCCC(Br)CCc1c(Cl)cnn1CCN(C)C. The molecule has 0 spiro atoms. The third-order valence-corrected chi connectivity index (χ3v) is 4.18. The van der Waals surface area contributed by atoms with Crippen LogP contribution in [0, 0.1) is 0 Å². The van der Waals surface area contributed by atoms with Crippen molar-refractivity contribution in [3.05, 3.63) is 16.9 Å². The van der Waals surface area contributed by atoms with Crippen molar-refractivity contribution in [3.8, 4) is 0 Å². The van der Waals surface area contributed by atoms with Gasteiger partial charge in [-0.2, -0.15) is 5.10 Å². The Morgan fingerprint density at radius 3 is 2.78 bits per heavy atom. The van der Waals surface area contributed by atoms with Crippen molar-refractivity contribution in [1.29, 1.82) is 0 Å². The van der Waals surface area contributed by atoms with Gasteiger partial charge in [0.1, 0.15) is 0 Å². The lowest BCUT2D eigenvalue weighted by Gasteiger charge is -2.13. The summed E-state index contributed by atoms with van der Waals surface area (Å²) in [6.45, 7) is 4.09. The average Bonchev–Trinajstić information content (AvgIpc) is 2.65. The molecule has 0 aliphatic carbocycles. The zero-order valence-electron chi connectivity index (χ0n) is 11.5. The molecule has 0 saturated carbocycles. The summed E-state index contributed by atoms with van der Waals surface area (Å²) in [6.07, 6.45) is 6.28. The van der Waals surface area contributed by atoms with Gasteiger partial charge in [-0.3, -0.25) is 4.68 Å². The van der Waals surface area contributed by atoms with Crippen molar-refractivity contribution < 1.29 is 0 Å². The Morgan fingerprint density at radius 2 is 2.17 bits per heavy atom. The molecule has 1 aromatic rings. The highest BCUT2D eigenvalue weighted by Crippen LogP contribution is 2.21. The van der Waals surface area contributed by atoms with Crippen molar-refractivity contribution in [1.82, 2.24) is 14.7 Å². The fourth-order valence-corrected chi connectivity index (χ4v) is 2.80. The highest BCUT2D eigenvalue weighted by molar-refractivity contribution is 9.09. The third kappa shape index (κ3) is 5.29. The van der Waals surface area contributed by atoms with E-state index in [1.165, 1.54) is 18.5 Å². The van der Waals surface area contributed by atoms with Gasteiger partial charge >= 0.3 is 0 Å². The summed E-state index contributed by atoms with van der Waals surface area (Å²) in [5, 5.41) is 5.15. The summed E-state index contributed by atoms with van der Waals surface area (Å²) < 4.78 is 2.04. The minimum absolute atomic E-state index is 0.579. The summed E-state index contributed by atoms with van der Waals surface area (Å²) in [6, 6.07) is 0. The molecule has 1 aromatic heterocycles. The van der Waals surface area contributed by atoms with E-state index >= 15 is 0 Å². The summed E-state index contributed by atoms with van der Waals surface area (Å²) >= 11 is 9.92. The molecule has 3 nitrogen and oxygen atoms in total. The minimum Gasteiger partial charge on any atom is -0.308 e. The maximum atomic E-state index is 6.21. The van der Waals surface area contributed by atoms with Crippen LogP contribution in [0.1, 0.15) is 31.9 Å². The Labute approximate surface area is 124 Å². The van der Waals surface area contributed by atoms with Crippen LogP contribution >= 0.6 is 27.5 Å². The zero-order chi connectivity index (χ0) is 13.5. The standard InChI is InChI=1S/C13H23BrClN3/c1-4-5-11(14)6-7-13-12(15)10-16-18(13)9-8-17(2)3/h10-11H,4-9H2,1-3H3. The van der Waals surface area contributed by atoms with E-state index in [-0.39, 0.29) is 0 Å². The molecule has 1 heterocycles. The first kappa shape index (κ1) is 16.0. The largest absolute Gasteiger partial charge is 0.308 e. The van der Waals surface area contributed by atoms with Gasteiger partial charge in [-0.15, -0.1) is 0 Å². The number of likely N-dealkylation sites (N-methyl/N-ethyl adjacent to an activating group) is 1. The molecule has 104 valence electrons. The molecule has 0 saturated heterocycles. The smallest absolute Gasteiger partial charge is 0.0817 e. The van der Waals surface area contributed by atoms with Gasteiger partial charge in [-0.25, -0.2) is 0 Å². The summed E-state index contributed by atoms with van der Waals surface area (Å²) in [5.74, 6) is 0. The van der Waals surface area contributed by atoms with E-state index in [1.807, 2.05) is 4.68 Å². The van der Waals surface area contributed by atoms with E-state index in [9.17, 15) is 0 Å². The molecule has 0 aromatic carbocycles. The maximum Gasteiger partial charge on any atom is 0.0817 e. The van der Waals surface area contributed by atoms with E-state index in [0.29, 0.717) is 4.83 Å². The molecule has 0 N–H and O–H groups in total. The summed E-state index contributed by atoms with van der Waals surface area (Å²) in [7, 11) is 4.14. The molecule has 0 radical (unpaired) electrons. The molecule has 18 heavy (non-hydrogen) atoms. The number of hydrogen-bond donors (Lipinski definition) is 0. The molecule has 5 heteroatoms. The lowest BCUT2D eigenvalue weighted by Crippen LogP contribution is -2.20. The van der Waals surface area contributed by atoms with Crippen LogP contribution in [0.15, 0.2) is 6.20 Å². The predicted molar refractivity (Wildman–Crippen MR) is 81.7 cm³/mol. The first-order valence-electron chi connectivity index (χ1n) is 6.53. The molecule has 0 aliphatic rings. The van der Waals surface area contributed by atoms with Gasteiger partial charge in [0.05, 0.1) is 23.5 Å². The molecular weight excluding hydrogens is 314 g/mol. The highest BCUT2D eigenvalue weighted by atomic mass is 79.9. The molecule has 1 atom stereocenters. The third-order valence-electron chi connectivity index (χ3n) is 2.95. The highest BCUT2D eigenvalue weighted by Gasteiger charge is 2.11. The lowest BCUT2D eigenvalue weighted by molar-refractivity contribution is 0.369. The zero-order valence-corrected chi connectivity index (χ0v) is 13.8. The Hall–Kier alpha value is -0.0600. The number of halogens is 2. The van der Waals surface area contributed by atoms with Gasteiger partial charge in [0.15, 0.2) is 0 Å². The van der Waals surface area contributed by atoms with Crippen LogP contribution in [0.5, 0.6) is 0 Å². The second-order valence-electron chi connectivity index (χ2n) is 4.89. The van der Waals surface area contributed by atoms with Crippen LogP contribution in [0.25, 0.3) is 0 Å². The fraction of sp³-hybridized carbons (Fsp3) is 0.769. The second-order valence-corrected chi connectivity index (χ2v) is 6.59. The van der Waals surface area contributed by atoms with Gasteiger partial charge in [0.2, 0.25) is 0 Å². The predicted octanol–water partition coefficient (Wildman–Crippen LogP) is 3.59. The normalized spacial score (nSPS) is 13.2. The molecule has 1 unspecified atom stereocenters. The van der Waals surface area contributed by atoms with Crippen molar-refractivity contribution >= 4 is 27.5 Å². The van der Waals surface area contributed by atoms with Crippen molar-refractivity contribution in [3.63, 3.8) is 0 Å². The van der Waals surface area contributed by atoms with E-state index in [4.69, 9.17) is 11.6 Å². The molecule has 0 fully saturated rings. The van der Waals surface area contributed by atoms with E-state index in [2.05, 4.69) is 46.9 Å². The summed E-state index contributed by atoms with van der Waals surface area (Å²) in [4.78, 5) is 2.74. The first-order valence-corrected chi connectivity index (χ1v) is 7.83. The van der Waals surface area contributed by atoms with Gasteiger partial charge < -0.3 is 4.90 Å². The minimum atomic E-state index is 0.579. The molecule has 0 amide bonds.